The van der Waals surface area contributed by atoms with E-state index < -0.39 is 0 Å². The lowest BCUT2D eigenvalue weighted by atomic mass is 10.1. The lowest BCUT2D eigenvalue weighted by molar-refractivity contribution is -0.135. The fourth-order valence-electron chi connectivity index (χ4n) is 2.07. The van der Waals surface area contributed by atoms with Crippen LogP contribution in [-0.4, -0.2) is 11.8 Å². The van der Waals surface area contributed by atoms with Gasteiger partial charge in [0.05, 0.1) is 6.42 Å². The topological polar surface area (TPSA) is 43.4 Å². The number of aryl methyl sites for hydroxylation is 2. The predicted octanol–water partition coefficient (Wildman–Crippen LogP) is 2.45. The molecule has 0 saturated heterocycles. The zero-order chi connectivity index (χ0) is 12.3. The van der Waals surface area contributed by atoms with E-state index in [0.29, 0.717) is 5.75 Å². The first kappa shape index (κ1) is 11.8. The van der Waals surface area contributed by atoms with Gasteiger partial charge in [-0.05, 0) is 49.4 Å². The van der Waals surface area contributed by atoms with Crippen molar-refractivity contribution in [2.24, 2.45) is 0 Å². The summed E-state index contributed by atoms with van der Waals surface area (Å²) in [7, 11) is 0. The van der Waals surface area contributed by atoms with E-state index in [0.717, 1.165) is 12.8 Å². The van der Waals surface area contributed by atoms with Gasteiger partial charge in [0.15, 0.2) is 0 Å². The molecule has 3 heteroatoms. The number of Topliss-reactive ketones (excluding diaryl/α,β-unsaturated/α-hetero) is 1. The molecule has 1 aliphatic rings. The Morgan fingerprint density at radius 1 is 1.18 bits per heavy atom. The number of hydrogen-bond acceptors (Lipinski definition) is 3. The average Bonchev–Trinajstić information content (AvgIpc) is 2.73. The standard InChI is InChI=1S/C14H16O3/c1-10(15)5-8-14(16)17-13-7-6-11-3-2-4-12(11)9-13/h6-7,9H,2-5,8H2,1H3. The summed E-state index contributed by atoms with van der Waals surface area (Å²) in [5.41, 5.74) is 2.63. The Hall–Kier alpha value is -1.64. The van der Waals surface area contributed by atoms with E-state index in [1.807, 2.05) is 18.2 Å². The van der Waals surface area contributed by atoms with Crippen LogP contribution in [0.5, 0.6) is 5.75 Å². The molecule has 1 aromatic rings. The van der Waals surface area contributed by atoms with Crippen LogP contribution in [0.4, 0.5) is 0 Å². The van der Waals surface area contributed by atoms with E-state index in [9.17, 15) is 9.59 Å². The van der Waals surface area contributed by atoms with E-state index >= 15 is 0 Å². The molecule has 0 amide bonds. The number of carbonyl (C=O) groups is 2. The van der Waals surface area contributed by atoms with Crippen molar-refractivity contribution in [1.29, 1.82) is 0 Å². The minimum absolute atomic E-state index is 0.0101. The maximum atomic E-state index is 11.4. The van der Waals surface area contributed by atoms with Crippen LogP contribution in [0.3, 0.4) is 0 Å². The van der Waals surface area contributed by atoms with Gasteiger partial charge in [0, 0.05) is 6.42 Å². The van der Waals surface area contributed by atoms with Crippen LogP contribution in [-0.2, 0) is 22.4 Å². The minimum atomic E-state index is -0.335. The largest absolute Gasteiger partial charge is 0.427 e. The Labute approximate surface area is 101 Å². The summed E-state index contributed by atoms with van der Waals surface area (Å²) >= 11 is 0. The Bertz CT molecular complexity index is 449. The first-order chi connectivity index (χ1) is 8.15. The molecule has 0 spiro atoms. The number of fused-ring (bicyclic) bond motifs is 1. The third-order valence-corrected chi connectivity index (χ3v) is 2.98. The van der Waals surface area contributed by atoms with Crippen LogP contribution >= 0.6 is 0 Å². The molecule has 0 unspecified atom stereocenters. The Morgan fingerprint density at radius 2 is 1.94 bits per heavy atom. The summed E-state index contributed by atoms with van der Waals surface area (Å²) in [6.45, 7) is 1.47. The van der Waals surface area contributed by atoms with Gasteiger partial charge in [-0.3, -0.25) is 4.79 Å². The van der Waals surface area contributed by atoms with Gasteiger partial charge in [-0.2, -0.15) is 0 Å². The highest BCUT2D eigenvalue weighted by Crippen LogP contribution is 2.26. The van der Waals surface area contributed by atoms with Gasteiger partial charge >= 0.3 is 5.97 Å². The summed E-state index contributed by atoms with van der Waals surface area (Å²) in [6.07, 6.45) is 3.77. The first-order valence-corrected chi connectivity index (χ1v) is 5.97. The van der Waals surface area contributed by atoms with Gasteiger partial charge in [-0.25, -0.2) is 0 Å². The molecule has 17 heavy (non-hydrogen) atoms. The van der Waals surface area contributed by atoms with E-state index in [4.69, 9.17) is 4.74 Å². The van der Waals surface area contributed by atoms with E-state index in [-0.39, 0.29) is 24.6 Å². The number of benzene rings is 1. The van der Waals surface area contributed by atoms with E-state index in [1.54, 1.807) is 0 Å². The summed E-state index contributed by atoms with van der Waals surface area (Å²) in [6, 6.07) is 5.79. The molecule has 90 valence electrons. The van der Waals surface area contributed by atoms with Crippen LogP contribution in [0.2, 0.25) is 0 Å². The van der Waals surface area contributed by atoms with Crippen molar-refractivity contribution in [3.8, 4) is 5.75 Å². The number of rotatable bonds is 4. The number of ether oxygens (including phenoxy) is 1. The lowest BCUT2D eigenvalue weighted by Gasteiger charge is -2.05. The predicted molar refractivity (Wildman–Crippen MR) is 64.0 cm³/mol. The SMILES string of the molecule is CC(=O)CCC(=O)Oc1ccc2c(c1)CCC2. The fourth-order valence-corrected chi connectivity index (χ4v) is 2.07. The van der Waals surface area contributed by atoms with Gasteiger partial charge in [0.2, 0.25) is 0 Å². The summed E-state index contributed by atoms with van der Waals surface area (Å²) in [4.78, 5) is 22.2. The average molecular weight is 232 g/mol. The summed E-state index contributed by atoms with van der Waals surface area (Å²) in [5, 5.41) is 0. The molecule has 1 aliphatic carbocycles. The van der Waals surface area contributed by atoms with E-state index in [1.165, 1.54) is 24.5 Å². The molecular weight excluding hydrogens is 216 g/mol. The maximum absolute atomic E-state index is 11.4. The van der Waals surface area contributed by atoms with Gasteiger partial charge in [-0.1, -0.05) is 6.07 Å². The maximum Gasteiger partial charge on any atom is 0.311 e. The van der Waals surface area contributed by atoms with Gasteiger partial charge in [-0.15, -0.1) is 0 Å². The molecule has 0 saturated carbocycles. The third kappa shape index (κ3) is 3.16. The molecule has 0 bridgehead atoms. The first-order valence-electron chi connectivity index (χ1n) is 5.97. The van der Waals surface area contributed by atoms with Gasteiger partial charge in [0.25, 0.3) is 0 Å². The van der Waals surface area contributed by atoms with Crippen LogP contribution < -0.4 is 4.74 Å². The van der Waals surface area contributed by atoms with Crippen molar-refractivity contribution >= 4 is 11.8 Å². The van der Waals surface area contributed by atoms with Crippen molar-refractivity contribution in [2.45, 2.75) is 39.0 Å². The van der Waals surface area contributed by atoms with Gasteiger partial charge in [0.1, 0.15) is 11.5 Å². The van der Waals surface area contributed by atoms with Crippen molar-refractivity contribution < 1.29 is 14.3 Å². The lowest BCUT2D eigenvalue weighted by Crippen LogP contribution is -2.09. The number of ketones is 1. The second-order valence-electron chi connectivity index (χ2n) is 4.46. The van der Waals surface area contributed by atoms with Crippen LogP contribution in [0.25, 0.3) is 0 Å². The normalized spacial score (nSPS) is 13.2. The molecule has 1 aromatic carbocycles. The number of hydrogen-bond donors (Lipinski definition) is 0. The number of esters is 1. The van der Waals surface area contributed by atoms with Crippen LogP contribution in [0.15, 0.2) is 18.2 Å². The van der Waals surface area contributed by atoms with Gasteiger partial charge < -0.3 is 9.53 Å². The zero-order valence-corrected chi connectivity index (χ0v) is 9.99. The zero-order valence-electron chi connectivity index (χ0n) is 9.99. The molecule has 0 aliphatic heterocycles. The molecule has 3 nitrogen and oxygen atoms in total. The highest BCUT2D eigenvalue weighted by Gasteiger charge is 2.13. The fraction of sp³-hybridized carbons (Fsp3) is 0.429. The Morgan fingerprint density at radius 3 is 2.71 bits per heavy atom. The van der Waals surface area contributed by atoms with Crippen LogP contribution in [0, 0.1) is 0 Å². The van der Waals surface area contributed by atoms with Crippen molar-refractivity contribution in [2.75, 3.05) is 0 Å². The molecule has 0 heterocycles. The quantitative estimate of drug-likeness (QED) is 0.591. The molecule has 2 rings (SSSR count). The Kier molecular flexibility index (Phi) is 3.57. The molecule has 0 N–H and O–H groups in total. The highest BCUT2D eigenvalue weighted by molar-refractivity contribution is 5.81. The van der Waals surface area contributed by atoms with Crippen LogP contribution in [0.1, 0.15) is 37.3 Å². The molecule has 0 radical (unpaired) electrons. The summed E-state index contributed by atoms with van der Waals surface area (Å²) in [5.74, 6) is 0.272. The minimum Gasteiger partial charge on any atom is -0.427 e. The smallest absolute Gasteiger partial charge is 0.311 e. The monoisotopic (exact) mass is 232 g/mol. The summed E-state index contributed by atoms with van der Waals surface area (Å²) < 4.78 is 5.20. The van der Waals surface area contributed by atoms with Crippen molar-refractivity contribution in [3.63, 3.8) is 0 Å². The second kappa shape index (κ2) is 5.13. The molecule has 0 aromatic heterocycles. The second-order valence-corrected chi connectivity index (χ2v) is 4.46. The van der Waals surface area contributed by atoms with E-state index in [2.05, 4.69) is 0 Å². The molecule has 0 atom stereocenters. The number of carbonyl (C=O) groups excluding carboxylic acids is 2. The van der Waals surface area contributed by atoms with Crippen molar-refractivity contribution in [3.05, 3.63) is 29.3 Å². The highest BCUT2D eigenvalue weighted by atomic mass is 16.5. The third-order valence-electron chi connectivity index (χ3n) is 2.98. The van der Waals surface area contributed by atoms with Crippen molar-refractivity contribution in [1.82, 2.24) is 0 Å². The molecule has 0 fully saturated rings. The molecular formula is C14H16O3. The Balaban J connectivity index is 1.95.